The van der Waals surface area contributed by atoms with Crippen LogP contribution in [0.15, 0.2) is 47.4 Å². The van der Waals surface area contributed by atoms with Gasteiger partial charge in [0.2, 0.25) is 10.0 Å². The molecule has 0 aromatic heterocycles. The predicted molar refractivity (Wildman–Crippen MR) is 93.9 cm³/mol. The number of sulfonamides is 1. The summed E-state index contributed by atoms with van der Waals surface area (Å²) >= 11 is 0. The van der Waals surface area contributed by atoms with E-state index >= 15 is 0 Å². The molecule has 0 atom stereocenters. The molecule has 144 valence electrons. The van der Waals surface area contributed by atoms with E-state index in [1.165, 1.54) is 17.5 Å². The first-order valence-electron chi connectivity index (χ1n) is 8.16. The Morgan fingerprint density at radius 3 is 2.44 bits per heavy atom. The largest absolute Gasteiger partial charge is 0.493 e. The van der Waals surface area contributed by atoms with Crippen molar-refractivity contribution >= 4 is 16.0 Å². The number of esters is 1. The number of benzene rings is 2. The summed E-state index contributed by atoms with van der Waals surface area (Å²) in [6.07, 6.45) is 0. The monoisotopic (exact) mass is 395 g/mol. The average molecular weight is 395 g/mol. The molecule has 1 heterocycles. The summed E-state index contributed by atoms with van der Waals surface area (Å²) in [5.41, 5.74) is -0.477. The Balaban J connectivity index is 1.90. The van der Waals surface area contributed by atoms with E-state index in [1.54, 1.807) is 18.2 Å². The van der Waals surface area contributed by atoms with E-state index in [1.807, 2.05) is 0 Å². The number of rotatable bonds is 5. The van der Waals surface area contributed by atoms with Crippen LogP contribution in [0.3, 0.4) is 0 Å². The highest BCUT2D eigenvalue weighted by atomic mass is 32.2. The van der Waals surface area contributed by atoms with Gasteiger partial charge in [-0.25, -0.2) is 17.6 Å². The van der Waals surface area contributed by atoms with Crippen LogP contribution < -0.4 is 9.47 Å². The molecule has 2 aromatic rings. The van der Waals surface area contributed by atoms with E-state index in [2.05, 4.69) is 0 Å². The van der Waals surface area contributed by atoms with Gasteiger partial charge in [0.15, 0.2) is 11.5 Å². The number of nitrogens with zero attached hydrogens (tertiary/aromatic N) is 1. The number of hydrogen-bond donors (Lipinski definition) is 0. The minimum Gasteiger partial charge on any atom is -0.493 e. The van der Waals surface area contributed by atoms with Crippen molar-refractivity contribution in [3.05, 3.63) is 53.8 Å². The molecule has 1 fully saturated rings. The van der Waals surface area contributed by atoms with Crippen molar-refractivity contribution in [2.45, 2.75) is 4.90 Å². The first kappa shape index (κ1) is 19.3. The Morgan fingerprint density at radius 2 is 1.78 bits per heavy atom. The molecule has 1 aliphatic heterocycles. The Labute approximate surface area is 156 Å². The second-order valence-corrected chi connectivity index (χ2v) is 7.64. The van der Waals surface area contributed by atoms with Crippen molar-refractivity contribution in [2.24, 2.45) is 0 Å². The van der Waals surface area contributed by atoms with Crippen molar-refractivity contribution in [2.75, 3.05) is 33.4 Å². The zero-order valence-electron chi connectivity index (χ0n) is 14.6. The maximum absolute atomic E-state index is 14.2. The van der Waals surface area contributed by atoms with Gasteiger partial charge in [0, 0.05) is 13.1 Å². The second kappa shape index (κ2) is 8.03. The van der Waals surface area contributed by atoms with Crippen LogP contribution >= 0.6 is 0 Å². The van der Waals surface area contributed by atoms with E-state index in [9.17, 15) is 17.6 Å². The molecule has 0 radical (unpaired) electrons. The fraction of sp³-hybridized carbons (Fsp3) is 0.278. The smallest absolute Gasteiger partial charge is 0.346 e. The lowest BCUT2D eigenvalue weighted by Crippen LogP contribution is -2.40. The molecule has 0 saturated carbocycles. The molecule has 1 saturated heterocycles. The SMILES string of the molecule is COc1ccccc1OC(=O)c1cc(S(=O)(=O)N2CCOCC2)ccc1F. The van der Waals surface area contributed by atoms with Gasteiger partial charge >= 0.3 is 5.97 Å². The molecule has 0 amide bonds. The first-order valence-corrected chi connectivity index (χ1v) is 9.60. The van der Waals surface area contributed by atoms with Crippen molar-refractivity contribution in [1.82, 2.24) is 4.31 Å². The van der Waals surface area contributed by atoms with Crippen LogP contribution in [0.5, 0.6) is 11.5 Å². The molecule has 0 N–H and O–H groups in total. The minimum atomic E-state index is -3.87. The minimum absolute atomic E-state index is 0.103. The van der Waals surface area contributed by atoms with E-state index < -0.39 is 27.4 Å². The number of methoxy groups -OCH3 is 1. The van der Waals surface area contributed by atoms with Gasteiger partial charge in [0.05, 0.1) is 30.8 Å². The van der Waals surface area contributed by atoms with Gasteiger partial charge in [-0.15, -0.1) is 0 Å². The van der Waals surface area contributed by atoms with Gasteiger partial charge in [0.1, 0.15) is 5.82 Å². The average Bonchev–Trinajstić information content (AvgIpc) is 2.69. The maximum Gasteiger partial charge on any atom is 0.346 e. The van der Waals surface area contributed by atoms with Gasteiger partial charge in [-0.1, -0.05) is 12.1 Å². The molecular formula is C18H18FNO6S. The molecular weight excluding hydrogens is 377 g/mol. The van der Waals surface area contributed by atoms with Crippen LogP contribution in [0.2, 0.25) is 0 Å². The van der Waals surface area contributed by atoms with Crippen LogP contribution in [-0.2, 0) is 14.8 Å². The van der Waals surface area contributed by atoms with Crippen LogP contribution in [0.4, 0.5) is 4.39 Å². The third kappa shape index (κ3) is 4.10. The molecule has 7 nitrogen and oxygen atoms in total. The van der Waals surface area contributed by atoms with Crippen molar-refractivity contribution in [3.63, 3.8) is 0 Å². The number of halogens is 1. The van der Waals surface area contributed by atoms with E-state index in [0.717, 1.165) is 18.2 Å². The summed E-state index contributed by atoms with van der Waals surface area (Å²) in [4.78, 5) is 12.2. The molecule has 0 spiro atoms. The molecule has 27 heavy (non-hydrogen) atoms. The highest BCUT2D eigenvalue weighted by Gasteiger charge is 2.28. The van der Waals surface area contributed by atoms with Crippen molar-refractivity contribution < 1.29 is 31.8 Å². The van der Waals surface area contributed by atoms with E-state index in [4.69, 9.17) is 14.2 Å². The summed E-state index contributed by atoms with van der Waals surface area (Å²) in [6, 6.07) is 9.43. The number of morpholine rings is 1. The second-order valence-electron chi connectivity index (χ2n) is 5.70. The van der Waals surface area contributed by atoms with Crippen LogP contribution in [0, 0.1) is 5.82 Å². The number of hydrogen-bond acceptors (Lipinski definition) is 6. The Bertz CT molecular complexity index is 941. The number of carbonyl (C=O) groups is 1. The van der Waals surface area contributed by atoms with E-state index in [-0.39, 0.29) is 36.9 Å². The standard InChI is InChI=1S/C18H18FNO6S/c1-24-16-4-2-3-5-17(16)26-18(21)14-12-13(6-7-15(14)19)27(22,23)20-8-10-25-11-9-20/h2-7,12H,8-11H2,1H3. The molecule has 9 heteroatoms. The summed E-state index contributed by atoms with van der Waals surface area (Å²) in [5, 5.41) is 0. The number of carbonyl (C=O) groups excluding carboxylic acids is 1. The normalized spacial score (nSPS) is 15.3. The van der Waals surface area contributed by atoms with Crippen LogP contribution in [0.25, 0.3) is 0 Å². The van der Waals surface area contributed by atoms with Crippen molar-refractivity contribution in [1.29, 1.82) is 0 Å². The first-order chi connectivity index (χ1) is 12.9. The lowest BCUT2D eigenvalue weighted by Gasteiger charge is -2.26. The van der Waals surface area contributed by atoms with Gasteiger partial charge in [-0.3, -0.25) is 0 Å². The van der Waals surface area contributed by atoms with Gasteiger partial charge < -0.3 is 14.2 Å². The Hall–Kier alpha value is -2.49. The molecule has 2 aromatic carbocycles. The number of para-hydroxylation sites is 2. The van der Waals surface area contributed by atoms with Gasteiger partial charge in [0.25, 0.3) is 0 Å². The zero-order chi connectivity index (χ0) is 19.4. The molecule has 0 bridgehead atoms. The summed E-state index contributed by atoms with van der Waals surface area (Å²) in [6.45, 7) is 0.952. The lowest BCUT2D eigenvalue weighted by atomic mass is 10.2. The van der Waals surface area contributed by atoms with Gasteiger partial charge in [-0.05, 0) is 30.3 Å². The van der Waals surface area contributed by atoms with Crippen LogP contribution in [-0.4, -0.2) is 52.1 Å². The highest BCUT2D eigenvalue weighted by Crippen LogP contribution is 2.28. The van der Waals surface area contributed by atoms with Crippen molar-refractivity contribution in [3.8, 4) is 11.5 Å². The Kier molecular flexibility index (Phi) is 5.73. The maximum atomic E-state index is 14.2. The summed E-state index contributed by atoms with van der Waals surface area (Å²) in [7, 11) is -2.46. The predicted octanol–water partition coefficient (Wildman–Crippen LogP) is 2.07. The van der Waals surface area contributed by atoms with Crippen LogP contribution in [0.1, 0.15) is 10.4 Å². The number of ether oxygens (including phenoxy) is 3. The Morgan fingerprint density at radius 1 is 1.11 bits per heavy atom. The fourth-order valence-electron chi connectivity index (χ4n) is 2.62. The molecule has 0 aliphatic carbocycles. The fourth-order valence-corrected chi connectivity index (χ4v) is 4.05. The zero-order valence-corrected chi connectivity index (χ0v) is 15.4. The topological polar surface area (TPSA) is 82.1 Å². The molecule has 0 unspecified atom stereocenters. The van der Waals surface area contributed by atoms with Gasteiger partial charge in [-0.2, -0.15) is 4.31 Å². The summed E-state index contributed by atoms with van der Waals surface area (Å²) < 4.78 is 56.2. The highest BCUT2D eigenvalue weighted by molar-refractivity contribution is 7.89. The quantitative estimate of drug-likeness (QED) is 0.570. The van der Waals surface area contributed by atoms with E-state index in [0.29, 0.717) is 5.75 Å². The summed E-state index contributed by atoms with van der Waals surface area (Å²) in [5.74, 6) is -1.50. The molecule has 3 rings (SSSR count). The lowest BCUT2D eigenvalue weighted by molar-refractivity contribution is 0.0721. The third-order valence-corrected chi connectivity index (χ3v) is 5.93. The molecule has 1 aliphatic rings. The third-order valence-electron chi connectivity index (χ3n) is 4.04.